The normalized spacial score (nSPS) is 10.5. The maximum atomic E-state index is 11.9. The van der Waals surface area contributed by atoms with Crippen LogP contribution in [0.15, 0.2) is 34.1 Å². The third-order valence-corrected chi connectivity index (χ3v) is 4.73. The molecule has 1 aromatic heterocycles. The Morgan fingerprint density at radius 1 is 1.26 bits per heavy atom. The van der Waals surface area contributed by atoms with E-state index in [4.69, 9.17) is 0 Å². The van der Waals surface area contributed by atoms with Crippen molar-refractivity contribution in [2.24, 2.45) is 0 Å². The predicted molar refractivity (Wildman–Crippen MR) is 83.5 cm³/mol. The summed E-state index contributed by atoms with van der Waals surface area (Å²) in [7, 11) is 0. The third-order valence-electron chi connectivity index (χ3n) is 3.14. The number of hydrogen-bond acceptors (Lipinski definition) is 2. The number of benzene rings is 1. The van der Waals surface area contributed by atoms with Gasteiger partial charge in [0.1, 0.15) is 0 Å². The first kappa shape index (κ1) is 14.3. The van der Waals surface area contributed by atoms with Crippen molar-refractivity contribution in [3.05, 3.63) is 55.7 Å². The van der Waals surface area contributed by atoms with Crippen LogP contribution in [0.2, 0.25) is 0 Å². The summed E-state index contributed by atoms with van der Waals surface area (Å²) < 4.78 is 1.03. The molecule has 1 N–H and O–H groups in total. The standard InChI is InChI=1S/C15H16BrNOS/c1-10-11(2)19-9-13(10)8-17-15(18)7-12-3-5-14(16)6-4-12/h3-6,9H,7-8H2,1-2H3,(H,17,18). The van der Waals surface area contributed by atoms with E-state index in [2.05, 4.69) is 40.5 Å². The van der Waals surface area contributed by atoms with Crippen molar-refractivity contribution in [2.75, 3.05) is 0 Å². The van der Waals surface area contributed by atoms with E-state index in [1.165, 1.54) is 16.0 Å². The van der Waals surface area contributed by atoms with Crippen LogP contribution in [0.5, 0.6) is 0 Å². The number of thiophene rings is 1. The monoisotopic (exact) mass is 337 g/mol. The second-order valence-electron chi connectivity index (χ2n) is 4.52. The Bertz CT molecular complexity index is 574. The maximum absolute atomic E-state index is 11.9. The van der Waals surface area contributed by atoms with Crippen molar-refractivity contribution in [1.29, 1.82) is 0 Å². The molecule has 0 saturated carbocycles. The maximum Gasteiger partial charge on any atom is 0.224 e. The van der Waals surface area contributed by atoms with E-state index in [1.807, 2.05) is 24.3 Å². The first-order chi connectivity index (χ1) is 9.06. The molecule has 0 aliphatic carbocycles. The van der Waals surface area contributed by atoms with E-state index in [-0.39, 0.29) is 5.91 Å². The van der Waals surface area contributed by atoms with Gasteiger partial charge in [-0.1, -0.05) is 28.1 Å². The molecule has 0 aliphatic rings. The minimum atomic E-state index is 0.0607. The van der Waals surface area contributed by atoms with Crippen LogP contribution in [0.25, 0.3) is 0 Å². The zero-order valence-electron chi connectivity index (χ0n) is 11.0. The van der Waals surface area contributed by atoms with E-state index >= 15 is 0 Å². The molecule has 1 aromatic carbocycles. The predicted octanol–water partition coefficient (Wildman–Crippen LogP) is 3.99. The Balaban J connectivity index is 1.88. The highest BCUT2D eigenvalue weighted by Gasteiger charge is 2.07. The van der Waals surface area contributed by atoms with Crippen molar-refractivity contribution >= 4 is 33.2 Å². The topological polar surface area (TPSA) is 29.1 Å². The van der Waals surface area contributed by atoms with E-state index in [0.29, 0.717) is 13.0 Å². The van der Waals surface area contributed by atoms with E-state index in [9.17, 15) is 4.79 Å². The molecule has 1 amide bonds. The fourth-order valence-corrected chi connectivity index (χ4v) is 2.93. The first-order valence-corrected chi connectivity index (χ1v) is 7.78. The second kappa shape index (κ2) is 6.35. The molecule has 2 rings (SSSR count). The van der Waals surface area contributed by atoms with Gasteiger partial charge in [0.15, 0.2) is 0 Å². The molecule has 0 spiro atoms. The minimum absolute atomic E-state index is 0.0607. The van der Waals surface area contributed by atoms with E-state index in [1.54, 1.807) is 11.3 Å². The Kier molecular flexibility index (Phi) is 4.77. The molecular weight excluding hydrogens is 322 g/mol. The lowest BCUT2D eigenvalue weighted by molar-refractivity contribution is -0.120. The Labute approximate surface area is 126 Å². The number of carbonyl (C=O) groups excluding carboxylic acids is 1. The molecular formula is C15H16BrNOS. The van der Waals surface area contributed by atoms with Crippen LogP contribution in [0, 0.1) is 13.8 Å². The number of nitrogens with one attached hydrogen (secondary N) is 1. The average Bonchev–Trinajstić information content (AvgIpc) is 2.70. The lowest BCUT2D eigenvalue weighted by Gasteiger charge is -2.05. The van der Waals surface area contributed by atoms with Crippen molar-refractivity contribution < 1.29 is 4.79 Å². The molecule has 0 radical (unpaired) electrons. The largest absolute Gasteiger partial charge is 0.352 e. The molecule has 0 saturated heterocycles. The van der Waals surface area contributed by atoms with Crippen molar-refractivity contribution in [1.82, 2.24) is 5.32 Å². The molecule has 4 heteroatoms. The number of halogens is 1. The van der Waals surface area contributed by atoms with Gasteiger partial charge in [-0.2, -0.15) is 0 Å². The van der Waals surface area contributed by atoms with Gasteiger partial charge in [0.05, 0.1) is 6.42 Å². The van der Waals surface area contributed by atoms with E-state index in [0.717, 1.165) is 10.0 Å². The van der Waals surface area contributed by atoms with Crippen LogP contribution in [-0.2, 0) is 17.8 Å². The highest BCUT2D eigenvalue weighted by atomic mass is 79.9. The van der Waals surface area contributed by atoms with Crippen LogP contribution in [0.4, 0.5) is 0 Å². The zero-order chi connectivity index (χ0) is 13.8. The van der Waals surface area contributed by atoms with Crippen LogP contribution >= 0.6 is 27.3 Å². The van der Waals surface area contributed by atoms with Gasteiger partial charge in [-0.3, -0.25) is 4.79 Å². The molecule has 0 bridgehead atoms. The van der Waals surface area contributed by atoms with Gasteiger partial charge in [0, 0.05) is 15.9 Å². The zero-order valence-corrected chi connectivity index (χ0v) is 13.4. The second-order valence-corrected chi connectivity index (χ2v) is 6.52. The number of carbonyl (C=O) groups is 1. The molecule has 2 nitrogen and oxygen atoms in total. The average molecular weight is 338 g/mol. The number of rotatable bonds is 4. The fraction of sp³-hybridized carbons (Fsp3) is 0.267. The van der Waals surface area contributed by atoms with Gasteiger partial charge in [-0.15, -0.1) is 11.3 Å². The van der Waals surface area contributed by atoms with Gasteiger partial charge in [0.2, 0.25) is 5.91 Å². The number of aryl methyl sites for hydroxylation is 1. The molecule has 100 valence electrons. The first-order valence-electron chi connectivity index (χ1n) is 6.11. The number of hydrogen-bond donors (Lipinski definition) is 1. The lowest BCUT2D eigenvalue weighted by Crippen LogP contribution is -2.24. The number of amides is 1. The molecule has 2 aromatic rings. The summed E-state index contributed by atoms with van der Waals surface area (Å²) in [5, 5.41) is 5.09. The quantitative estimate of drug-likeness (QED) is 0.897. The molecule has 0 unspecified atom stereocenters. The fourth-order valence-electron chi connectivity index (χ4n) is 1.78. The molecule has 19 heavy (non-hydrogen) atoms. The van der Waals surface area contributed by atoms with Crippen LogP contribution < -0.4 is 5.32 Å². The highest BCUT2D eigenvalue weighted by molar-refractivity contribution is 9.10. The molecule has 0 aliphatic heterocycles. The summed E-state index contributed by atoms with van der Waals surface area (Å²) in [6.45, 7) is 4.82. The summed E-state index contributed by atoms with van der Waals surface area (Å²) >= 11 is 5.12. The summed E-state index contributed by atoms with van der Waals surface area (Å²) in [4.78, 5) is 13.2. The van der Waals surface area contributed by atoms with Gasteiger partial charge < -0.3 is 5.32 Å². The summed E-state index contributed by atoms with van der Waals surface area (Å²) in [6, 6.07) is 7.83. The van der Waals surface area contributed by atoms with Crippen molar-refractivity contribution in [3.63, 3.8) is 0 Å². The summed E-state index contributed by atoms with van der Waals surface area (Å²) in [6.07, 6.45) is 0.426. The summed E-state index contributed by atoms with van der Waals surface area (Å²) in [5.74, 6) is 0.0607. The minimum Gasteiger partial charge on any atom is -0.352 e. The third kappa shape index (κ3) is 3.91. The van der Waals surface area contributed by atoms with Crippen LogP contribution in [-0.4, -0.2) is 5.91 Å². The van der Waals surface area contributed by atoms with Gasteiger partial charge in [0.25, 0.3) is 0 Å². The molecule has 0 atom stereocenters. The Morgan fingerprint density at radius 2 is 1.95 bits per heavy atom. The lowest BCUT2D eigenvalue weighted by atomic mass is 10.1. The van der Waals surface area contributed by atoms with E-state index < -0.39 is 0 Å². The van der Waals surface area contributed by atoms with Gasteiger partial charge in [-0.05, 0) is 48.1 Å². The summed E-state index contributed by atoms with van der Waals surface area (Å²) in [5.41, 5.74) is 3.53. The van der Waals surface area contributed by atoms with Crippen LogP contribution in [0.3, 0.4) is 0 Å². The Hall–Kier alpha value is -1.13. The van der Waals surface area contributed by atoms with Gasteiger partial charge in [-0.25, -0.2) is 0 Å². The smallest absolute Gasteiger partial charge is 0.224 e. The molecule has 0 fully saturated rings. The van der Waals surface area contributed by atoms with Gasteiger partial charge >= 0.3 is 0 Å². The highest BCUT2D eigenvalue weighted by Crippen LogP contribution is 2.20. The molecule has 1 heterocycles. The van der Waals surface area contributed by atoms with Crippen LogP contribution in [0.1, 0.15) is 21.6 Å². The Morgan fingerprint density at radius 3 is 2.53 bits per heavy atom. The van der Waals surface area contributed by atoms with Crippen molar-refractivity contribution in [2.45, 2.75) is 26.8 Å². The SMILES string of the molecule is Cc1scc(CNC(=O)Cc2ccc(Br)cc2)c1C. The van der Waals surface area contributed by atoms with Crippen molar-refractivity contribution in [3.8, 4) is 0 Å².